The third kappa shape index (κ3) is 2.96. The Hall–Kier alpha value is -1.58. The number of hydrogen-bond acceptors (Lipinski definition) is 3. The number of hydrogen-bond donors (Lipinski definition) is 2. The number of rotatable bonds is 6. The van der Waals surface area contributed by atoms with Gasteiger partial charge in [-0.3, -0.25) is 9.78 Å². The van der Waals surface area contributed by atoms with Crippen molar-refractivity contribution < 1.29 is 4.79 Å². The van der Waals surface area contributed by atoms with Crippen LogP contribution in [-0.4, -0.2) is 17.4 Å². The molecule has 4 nitrogen and oxygen atoms in total. The van der Waals surface area contributed by atoms with Gasteiger partial charge in [0.25, 0.3) is 5.91 Å². The topological polar surface area (TPSA) is 68.0 Å². The number of pyridine rings is 1. The van der Waals surface area contributed by atoms with E-state index in [1.807, 2.05) is 6.07 Å². The second-order valence-corrected chi connectivity index (χ2v) is 4.90. The summed E-state index contributed by atoms with van der Waals surface area (Å²) in [5, 5.41) is 3.38. The molecular formula is C13H19N3O. The van der Waals surface area contributed by atoms with Crippen LogP contribution in [0.5, 0.6) is 0 Å². The van der Waals surface area contributed by atoms with Crippen LogP contribution in [-0.2, 0) is 0 Å². The molecule has 0 spiro atoms. The van der Waals surface area contributed by atoms with Crippen LogP contribution in [0.15, 0.2) is 18.3 Å². The second-order valence-electron chi connectivity index (χ2n) is 4.90. The van der Waals surface area contributed by atoms with Gasteiger partial charge in [0, 0.05) is 18.4 Å². The summed E-state index contributed by atoms with van der Waals surface area (Å²) in [6.45, 7) is 3.20. The van der Waals surface area contributed by atoms with Crippen LogP contribution in [0, 0.1) is 5.41 Å². The van der Waals surface area contributed by atoms with Crippen molar-refractivity contribution in [1.82, 2.24) is 4.98 Å². The molecule has 3 N–H and O–H groups in total. The van der Waals surface area contributed by atoms with E-state index < -0.39 is 5.91 Å². The summed E-state index contributed by atoms with van der Waals surface area (Å²) >= 11 is 0. The number of nitrogens with one attached hydrogen (secondary N) is 1. The van der Waals surface area contributed by atoms with Crippen molar-refractivity contribution in [3.63, 3.8) is 0 Å². The molecule has 1 fully saturated rings. The summed E-state index contributed by atoms with van der Waals surface area (Å²) in [5.74, 6) is -0.483. The minimum absolute atomic E-state index is 0.315. The molecule has 1 aromatic heterocycles. The minimum Gasteiger partial charge on any atom is -0.384 e. The molecule has 0 aliphatic heterocycles. The van der Waals surface area contributed by atoms with Crippen molar-refractivity contribution in [2.45, 2.75) is 32.6 Å². The van der Waals surface area contributed by atoms with Crippen molar-refractivity contribution in [2.24, 2.45) is 11.1 Å². The Bertz CT molecular complexity index is 413. The predicted octanol–water partition coefficient (Wildman–Crippen LogP) is 2.17. The standard InChI is InChI=1S/C13H19N3O/c1-2-4-13(5-6-13)9-16-10-3-7-15-11(8-10)12(14)17/h3,7-8H,2,4-6,9H2,1H3,(H2,14,17)(H,15,16). The molecule has 0 radical (unpaired) electrons. The molecule has 1 aliphatic carbocycles. The first kappa shape index (κ1) is 11.9. The Morgan fingerprint density at radius 1 is 1.59 bits per heavy atom. The molecule has 2 rings (SSSR count). The van der Waals surface area contributed by atoms with Crippen molar-refractivity contribution in [2.75, 3.05) is 11.9 Å². The zero-order valence-corrected chi connectivity index (χ0v) is 10.2. The number of carbonyl (C=O) groups is 1. The lowest BCUT2D eigenvalue weighted by molar-refractivity contribution is 0.0995. The highest BCUT2D eigenvalue weighted by Gasteiger charge is 2.40. The first-order valence-electron chi connectivity index (χ1n) is 6.15. The van der Waals surface area contributed by atoms with Gasteiger partial charge in [0.15, 0.2) is 0 Å². The van der Waals surface area contributed by atoms with E-state index in [1.165, 1.54) is 25.7 Å². The van der Waals surface area contributed by atoms with E-state index in [4.69, 9.17) is 5.73 Å². The summed E-state index contributed by atoms with van der Waals surface area (Å²) in [6.07, 6.45) is 6.73. The van der Waals surface area contributed by atoms with Gasteiger partial charge in [-0.25, -0.2) is 0 Å². The number of carbonyl (C=O) groups excluding carboxylic acids is 1. The summed E-state index contributed by atoms with van der Waals surface area (Å²) in [6, 6.07) is 3.58. The third-order valence-electron chi connectivity index (χ3n) is 3.42. The number of nitrogens with zero attached hydrogens (tertiary/aromatic N) is 1. The Morgan fingerprint density at radius 3 is 2.94 bits per heavy atom. The van der Waals surface area contributed by atoms with Gasteiger partial charge in [-0.15, -0.1) is 0 Å². The number of primary amides is 1. The molecule has 1 heterocycles. The van der Waals surface area contributed by atoms with Crippen LogP contribution in [0.3, 0.4) is 0 Å². The van der Waals surface area contributed by atoms with Crippen molar-refractivity contribution >= 4 is 11.6 Å². The summed E-state index contributed by atoms with van der Waals surface area (Å²) in [5.41, 5.74) is 6.93. The molecule has 17 heavy (non-hydrogen) atoms. The van der Waals surface area contributed by atoms with Crippen molar-refractivity contribution in [3.8, 4) is 0 Å². The van der Waals surface area contributed by atoms with Crippen LogP contribution in [0.25, 0.3) is 0 Å². The number of nitrogens with two attached hydrogens (primary N) is 1. The largest absolute Gasteiger partial charge is 0.384 e. The molecule has 0 aromatic carbocycles. The van der Waals surface area contributed by atoms with Crippen LogP contribution in [0.4, 0.5) is 5.69 Å². The van der Waals surface area contributed by atoms with Crippen LogP contribution in [0.1, 0.15) is 43.1 Å². The average Bonchev–Trinajstić information content (AvgIpc) is 3.08. The quantitative estimate of drug-likeness (QED) is 0.791. The molecule has 1 aromatic rings. The predicted molar refractivity (Wildman–Crippen MR) is 67.8 cm³/mol. The second kappa shape index (κ2) is 4.73. The van der Waals surface area contributed by atoms with Crippen LogP contribution < -0.4 is 11.1 Å². The highest BCUT2D eigenvalue weighted by atomic mass is 16.1. The molecule has 0 bridgehead atoms. The molecule has 1 saturated carbocycles. The number of amides is 1. The van der Waals surface area contributed by atoms with E-state index >= 15 is 0 Å². The third-order valence-corrected chi connectivity index (χ3v) is 3.42. The smallest absolute Gasteiger partial charge is 0.267 e. The fourth-order valence-corrected chi connectivity index (χ4v) is 2.19. The highest BCUT2D eigenvalue weighted by molar-refractivity contribution is 5.91. The first-order valence-corrected chi connectivity index (χ1v) is 6.15. The average molecular weight is 233 g/mol. The number of aromatic nitrogens is 1. The van der Waals surface area contributed by atoms with Gasteiger partial charge in [-0.05, 0) is 36.8 Å². The maximum atomic E-state index is 11.0. The zero-order chi connectivity index (χ0) is 12.3. The van der Waals surface area contributed by atoms with Gasteiger partial charge >= 0.3 is 0 Å². The molecule has 0 atom stereocenters. The fraction of sp³-hybridized carbons (Fsp3) is 0.538. The van der Waals surface area contributed by atoms with E-state index in [0.29, 0.717) is 11.1 Å². The molecule has 92 valence electrons. The van der Waals surface area contributed by atoms with Crippen LogP contribution >= 0.6 is 0 Å². The van der Waals surface area contributed by atoms with E-state index in [9.17, 15) is 4.79 Å². The summed E-state index contributed by atoms with van der Waals surface area (Å²) in [4.78, 5) is 14.9. The van der Waals surface area contributed by atoms with Gasteiger partial charge in [-0.2, -0.15) is 0 Å². The van der Waals surface area contributed by atoms with E-state index in [0.717, 1.165) is 12.2 Å². The van der Waals surface area contributed by atoms with Gasteiger partial charge in [0.2, 0.25) is 0 Å². The molecule has 0 saturated heterocycles. The maximum Gasteiger partial charge on any atom is 0.267 e. The Labute approximate surface area is 102 Å². The molecular weight excluding hydrogens is 214 g/mol. The highest BCUT2D eigenvalue weighted by Crippen LogP contribution is 2.49. The maximum absolute atomic E-state index is 11.0. The molecule has 1 amide bonds. The van der Waals surface area contributed by atoms with Gasteiger partial charge in [0.1, 0.15) is 5.69 Å². The molecule has 4 heteroatoms. The Balaban J connectivity index is 1.95. The SMILES string of the molecule is CCCC1(CNc2ccnc(C(N)=O)c2)CC1. The van der Waals surface area contributed by atoms with Gasteiger partial charge in [0.05, 0.1) is 0 Å². The Morgan fingerprint density at radius 2 is 2.35 bits per heavy atom. The minimum atomic E-state index is -0.483. The van der Waals surface area contributed by atoms with Crippen molar-refractivity contribution in [1.29, 1.82) is 0 Å². The Kier molecular flexibility index (Phi) is 3.31. The monoisotopic (exact) mass is 233 g/mol. The molecule has 0 unspecified atom stereocenters. The lowest BCUT2D eigenvalue weighted by Gasteiger charge is -2.15. The lowest BCUT2D eigenvalue weighted by atomic mass is 10.0. The van der Waals surface area contributed by atoms with E-state index in [1.54, 1.807) is 12.3 Å². The lowest BCUT2D eigenvalue weighted by Crippen LogP contribution is -2.17. The van der Waals surface area contributed by atoms with Gasteiger partial charge in [-0.1, -0.05) is 13.3 Å². The van der Waals surface area contributed by atoms with E-state index in [2.05, 4.69) is 17.2 Å². The van der Waals surface area contributed by atoms with Crippen molar-refractivity contribution in [3.05, 3.63) is 24.0 Å². The van der Waals surface area contributed by atoms with E-state index in [-0.39, 0.29) is 0 Å². The first-order chi connectivity index (χ1) is 8.15. The summed E-state index contributed by atoms with van der Waals surface area (Å²) < 4.78 is 0. The fourth-order valence-electron chi connectivity index (χ4n) is 2.19. The zero-order valence-electron chi connectivity index (χ0n) is 10.2. The van der Waals surface area contributed by atoms with Gasteiger partial charge < -0.3 is 11.1 Å². The number of anilines is 1. The normalized spacial score (nSPS) is 16.5. The van der Waals surface area contributed by atoms with Crippen LogP contribution in [0.2, 0.25) is 0 Å². The molecule has 1 aliphatic rings. The summed E-state index contributed by atoms with van der Waals surface area (Å²) in [7, 11) is 0.